The van der Waals surface area contributed by atoms with Crippen molar-refractivity contribution >= 4 is 28.4 Å². The van der Waals surface area contributed by atoms with Gasteiger partial charge in [-0.25, -0.2) is 0 Å². The van der Waals surface area contributed by atoms with Crippen molar-refractivity contribution in [1.29, 1.82) is 0 Å². The van der Waals surface area contributed by atoms with Crippen molar-refractivity contribution in [3.05, 3.63) is 65.4 Å². The zero-order valence-electron chi connectivity index (χ0n) is 19.5. The van der Waals surface area contributed by atoms with E-state index in [1.165, 1.54) is 10.9 Å². The van der Waals surface area contributed by atoms with Crippen molar-refractivity contribution in [3.63, 3.8) is 0 Å². The molecular formula is C27H32N4O2. The van der Waals surface area contributed by atoms with Gasteiger partial charge in [0.1, 0.15) is 6.17 Å². The first kappa shape index (κ1) is 21.6. The van der Waals surface area contributed by atoms with Crippen molar-refractivity contribution in [2.75, 3.05) is 25.0 Å². The molecule has 1 N–H and O–H groups in total. The molecule has 2 aliphatic heterocycles. The summed E-state index contributed by atoms with van der Waals surface area (Å²) in [5.41, 5.74) is 5.31. The monoisotopic (exact) mass is 444 g/mol. The number of anilines is 1. The lowest BCUT2D eigenvalue weighted by atomic mass is 9.96. The summed E-state index contributed by atoms with van der Waals surface area (Å²) in [6.45, 7) is 4.20. The SMILES string of the molecule is CCCCCNC(=O)CCn1c2c(c3ccccc31)CCN1C(=O)c3ccccc3N(C)C21. The summed E-state index contributed by atoms with van der Waals surface area (Å²) in [6, 6.07) is 16.3. The number of nitrogens with one attached hydrogen (secondary N) is 1. The van der Waals surface area contributed by atoms with Gasteiger partial charge < -0.3 is 19.7 Å². The van der Waals surface area contributed by atoms with E-state index < -0.39 is 0 Å². The van der Waals surface area contributed by atoms with Crippen molar-refractivity contribution in [1.82, 2.24) is 14.8 Å². The number of aromatic nitrogens is 1. The van der Waals surface area contributed by atoms with Gasteiger partial charge in [0.15, 0.2) is 0 Å². The number of fused-ring (bicyclic) bond motifs is 6. The van der Waals surface area contributed by atoms with Crippen molar-refractivity contribution in [2.45, 2.75) is 51.7 Å². The highest BCUT2D eigenvalue weighted by Crippen LogP contribution is 2.44. The molecule has 0 aliphatic carbocycles. The molecule has 6 nitrogen and oxygen atoms in total. The Kier molecular flexibility index (Phi) is 5.83. The Labute approximate surface area is 195 Å². The second kappa shape index (κ2) is 8.93. The average molecular weight is 445 g/mol. The Morgan fingerprint density at radius 3 is 2.73 bits per heavy atom. The van der Waals surface area contributed by atoms with Gasteiger partial charge in [0.25, 0.3) is 5.91 Å². The van der Waals surface area contributed by atoms with Crippen LogP contribution in [0, 0.1) is 0 Å². The maximum Gasteiger partial charge on any atom is 0.257 e. The second-order valence-electron chi connectivity index (χ2n) is 9.09. The van der Waals surface area contributed by atoms with Gasteiger partial charge in [-0.3, -0.25) is 9.59 Å². The molecule has 0 bridgehead atoms. The lowest BCUT2D eigenvalue weighted by molar-refractivity contribution is -0.121. The quantitative estimate of drug-likeness (QED) is 0.547. The highest BCUT2D eigenvalue weighted by Gasteiger charge is 2.42. The average Bonchev–Trinajstić information content (AvgIpc) is 3.17. The Hall–Kier alpha value is -3.28. The van der Waals surface area contributed by atoms with Crippen LogP contribution in [-0.2, 0) is 17.8 Å². The van der Waals surface area contributed by atoms with Crippen LogP contribution in [0.1, 0.15) is 60.4 Å². The highest BCUT2D eigenvalue weighted by molar-refractivity contribution is 6.02. The predicted molar refractivity (Wildman–Crippen MR) is 131 cm³/mol. The summed E-state index contributed by atoms with van der Waals surface area (Å²) in [7, 11) is 2.07. The van der Waals surface area contributed by atoms with Gasteiger partial charge in [0, 0.05) is 44.0 Å². The van der Waals surface area contributed by atoms with Gasteiger partial charge in [0.05, 0.1) is 16.9 Å². The van der Waals surface area contributed by atoms with Crippen molar-refractivity contribution in [2.24, 2.45) is 0 Å². The fraction of sp³-hybridized carbons (Fsp3) is 0.407. The molecular weight excluding hydrogens is 412 g/mol. The van der Waals surface area contributed by atoms with Crippen LogP contribution in [0.25, 0.3) is 10.9 Å². The molecule has 0 saturated carbocycles. The van der Waals surface area contributed by atoms with E-state index in [4.69, 9.17) is 0 Å². The summed E-state index contributed by atoms with van der Waals surface area (Å²) in [4.78, 5) is 30.2. The van der Waals surface area contributed by atoms with Crippen LogP contribution in [0.4, 0.5) is 5.69 Å². The molecule has 3 aromatic rings. The van der Waals surface area contributed by atoms with Gasteiger partial charge in [-0.05, 0) is 36.6 Å². The number of carbonyl (C=O) groups is 2. The molecule has 2 aliphatic rings. The maximum absolute atomic E-state index is 13.4. The number of benzene rings is 2. The third kappa shape index (κ3) is 3.67. The van der Waals surface area contributed by atoms with Crippen LogP contribution in [0.5, 0.6) is 0 Å². The molecule has 172 valence electrons. The minimum atomic E-state index is -0.170. The van der Waals surface area contributed by atoms with Crippen LogP contribution in [-0.4, -0.2) is 41.4 Å². The van der Waals surface area contributed by atoms with Crippen LogP contribution in [0.15, 0.2) is 48.5 Å². The lowest BCUT2D eigenvalue weighted by Gasteiger charge is -2.46. The number of para-hydroxylation sites is 2. The number of nitrogens with zero attached hydrogens (tertiary/aromatic N) is 3. The molecule has 0 radical (unpaired) electrons. The van der Waals surface area contributed by atoms with Gasteiger partial charge in [0.2, 0.25) is 5.91 Å². The van der Waals surface area contributed by atoms with Crippen LogP contribution in [0.3, 0.4) is 0 Å². The van der Waals surface area contributed by atoms with Crippen molar-refractivity contribution in [3.8, 4) is 0 Å². The number of hydrogen-bond acceptors (Lipinski definition) is 3. The standard InChI is InChI=1S/C27H32N4O2/c1-3-4-9-16-28-24(32)15-18-30-23-13-8-5-10-19(23)20-14-17-31-26(25(20)30)29(2)22-12-7-6-11-21(22)27(31)33/h5-8,10-13,26H,3-4,9,14-18H2,1-2H3,(H,28,32). The number of amides is 2. The zero-order chi connectivity index (χ0) is 22.9. The third-order valence-corrected chi connectivity index (χ3v) is 7.07. The topological polar surface area (TPSA) is 57.6 Å². The Bertz CT molecular complexity index is 1200. The molecule has 2 aromatic carbocycles. The molecule has 0 spiro atoms. The maximum atomic E-state index is 13.4. The van der Waals surface area contributed by atoms with E-state index in [-0.39, 0.29) is 18.0 Å². The fourth-order valence-corrected chi connectivity index (χ4v) is 5.45. The summed E-state index contributed by atoms with van der Waals surface area (Å²) in [5.74, 6) is 0.175. The summed E-state index contributed by atoms with van der Waals surface area (Å²) < 4.78 is 2.28. The smallest absolute Gasteiger partial charge is 0.257 e. The summed E-state index contributed by atoms with van der Waals surface area (Å²) in [6.07, 6.45) is 4.38. The molecule has 0 fully saturated rings. The molecule has 3 heterocycles. The summed E-state index contributed by atoms with van der Waals surface area (Å²) in [5, 5.41) is 4.30. The molecule has 6 heteroatoms. The molecule has 2 amide bonds. The zero-order valence-corrected chi connectivity index (χ0v) is 19.5. The highest BCUT2D eigenvalue weighted by atomic mass is 16.2. The third-order valence-electron chi connectivity index (χ3n) is 7.07. The molecule has 1 aromatic heterocycles. The van der Waals surface area contributed by atoms with E-state index in [1.807, 2.05) is 29.2 Å². The largest absolute Gasteiger partial charge is 0.356 e. The first-order valence-electron chi connectivity index (χ1n) is 12.1. The number of rotatable bonds is 7. The second-order valence-corrected chi connectivity index (χ2v) is 9.09. The van der Waals surface area contributed by atoms with E-state index in [9.17, 15) is 9.59 Å². The van der Waals surface area contributed by atoms with Crippen LogP contribution >= 0.6 is 0 Å². The normalized spacial score (nSPS) is 17.0. The number of unbranched alkanes of at least 4 members (excludes halogenated alkanes) is 2. The van der Waals surface area contributed by atoms with E-state index in [1.54, 1.807) is 0 Å². The van der Waals surface area contributed by atoms with Gasteiger partial charge in [-0.15, -0.1) is 0 Å². The lowest BCUT2D eigenvalue weighted by Crippen LogP contribution is -2.51. The van der Waals surface area contributed by atoms with Crippen LogP contribution < -0.4 is 10.2 Å². The van der Waals surface area contributed by atoms with Crippen LogP contribution in [0.2, 0.25) is 0 Å². The molecule has 5 rings (SSSR count). The van der Waals surface area contributed by atoms with E-state index >= 15 is 0 Å². The number of carbonyl (C=O) groups excluding carboxylic acids is 2. The van der Waals surface area contributed by atoms with Gasteiger partial charge >= 0.3 is 0 Å². The summed E-state index contributed by atoms with van der Waals surface area (Å²) >= 11 is 0. The molecule has 33 heavy (non-hydrogen) atoms. The Morgan fingerprint density at radius 2 is 1.88 bits per heavy atom. The first-order valence-corrected chi connectivity index (χ1v) is 12.1. The van der Waals surface area contributed by atoms with Gasteiger partial charge in [-0.2, -0.15) is 0 Å². The van der Waals surface area contributed by atoms with Gasteiger partial charge in [-0.1, -0.05) is 50.1 Å². The molecule has 1 atom stereocenters. The fourth-order valence-electron chi connectivity index (χ4n) is 5.45. The van der Waals surface area contributed by atoms with E-state index in [0.717, 1.165) is 54.7 Å². The first-order chi connectivity index (χ1) is 16.1. The Balaban J connectivity index is 1.51. The predicted octanol–water partition coefficient (Wildman–Crippen LogP) is 4.48. The molecule has 1 unspecified atom stereocenters. The number of aryl methyl sites for hydroxylation is 1. The number of hydrogen-bond donors (Lipinski definition) is 1. The minimum absolute atomic E-state index is 0.0868. The van der Waals surface area contributed by atoms with Crippen molar-refractivity contribution < 1.29 is 9.59 Å². The molecule has 0 saturated heterocycles. The Morgan fingerprint density at radius 1 is 1.09 bits per heavy atom. The van der Waals surface area contributed by atoms with E-state index in [0.29, 0.717) is 19.5 Å². The van der Waals surface area contributed by atoms with E-state index in [2.05, 4.69) is 53.0 Å². The minimum Gasteiger partial charge on any atom is -0.356 e.